The van der Waals surface area contributed by atoms with Gasteiger partial charge in [0.15, 0.2) is 0 Å². The van der Waals surface area contributed by atoms with Gasteiger partial charge in [0.25, 0.3) is 0 Å². The molecule has 25 heavy (non-hydrogen) atoms. The van der Waals surface area contributed by atoms with Crippen LogP contribution in [0.3, 0.4) is 0 Å². The molecule has 1 aromatic rings. The van der Waals surface area contributed by atoms with Gasteiger partial charge in [-0.3, -0.25) is 0 Å². The predicted octanol–water partition coefficient (Wildman–Crippen LogP) is 3.22. The van der Waals surface area contributed by atoms with Gasteiger partial charge in [0.05, 0.1) is 10.7 Å². The highest BCUT2D eigenvalue weighted by Gasteiger charge is 2.26. The first-order valence-electron chi connectivity index (χ1n) is 8.57. The van der Waals surface area contributed by atoms with Crippen molar-refractivity contribution in [2.24, 2.45) is 0 Å². The quantitative estimate of drug-likeness (QED) is 0.811. The molecule has 2 aliphatic heterocycles. The normalized spacial score (nSPS) is 21.3. The summed E-state index contributed by atoms with van der Waals surface area (Å²) in [5.74, 6) is 4.05. The molecule has 0 aromatic heterocycles. The van der Waals surface area contributed by atoms with Crippen molar-refractivity contribution in [1.29, 1.82) is 0 Å². The van der Waals surface area contributed by atoms with Crippen molar-refractivity contribution in [2.75, 3.05) is 59.5 Å². The summed E-state index contributed by atoms with van der Waals surface area (Å²) >= 11 is 10.3. The van der Waals surface area contributed by atoms with Gasteiger partial charge < -0.3 is 20.2 Å². The molecule has 0 radical (unpaired) electrons. The van der Waals surface area contributed by atoms with E-state index in [0.29, 0.717) is 23.7 Å². The van der Waals surface area contributed by atoms with Gasteiger partial charge in [0, 0.05) is 61.0 Å². The molecular formula is C17H24ClN3O2S2. The second kappa shape index (κ2) is 9.26. The zero-order valence-electron chi connectivity index (χ0n) is 14.1. The van der Waals surface area contributed by atoms with Gasteiger partial charge >= 0.3 is 6.03 Å². The Hall–Kier alpha value is -0.760. The Kier molecular flexibility index (Phi) is 7.04. The van der Waals surface area contributed by atoms with Crippen LogP contribution in [0, 0.1) is 0 Å². The summed E-state index contributed by atoms with van der Waals surface area (Å²) in [6.07, 6.45) is 0.618. The summed E-state index contributed by atoms with van der Waals surface area (Å²) in [5.41, 5.74) is 1.75. The minimum Gasteiger partial charge on any atom is -0.396 e. The maximum atomic E-state index is 12.6. The molecule has 0 aliphatic carbocycles. The number of thioether (sulfide) groups is 2. The topological polar surface area (TPSA) is 55.8 Å². The van der Waals surface area contributed by atoms with E-state index < -0.39 is 0 Å². The number of carbonyl (C=O) groups is 1. The zero-order chi connectivity index (χ0) is 17.6. The van der Waals surface area contributed by atoms with Crippen molar-refractivity contribution in [3.63, 3.8) is 0 Å². The summed E-state index contributed by atoms with van der Waals surface area (Å²) in [6, 6.07) is 5.71. The molecule has 2 saturated heterocycles. The molecule has 2 amide bonds. The third kappa shape index (κ3) is 4.90. The fourth-order valence-corrected chi connectivity index (χ4v) is 5.47. The van der Waals surface area contributed by atoms with Crippen molar-refractivity contribution in [3.8, 4) is 0 Å². The fourth-order valence-electron chi connectivity index (χ4n) is 3.15. The highest BCUT2D eigenvalue weighted by atomic mass is 35.5. The second-order valence-corrected chi connectivity index (χ2v) is 8.91. The van der Waals surface area contributed by atoms with Crippen LogP contribution in [0.2, 0.25) is 5.02 Å². The molecule has 138 valence electrons. The molecule has 2 aliphatic rings. The van der Waals surface area contributed by atoms with Crippen molar-refractivity contribution < 1.29 is 9.90 Å². The SMILES string of the molecule is O=C(Nc1ccc(N2CCSCC2)c(Cl)c1)N1CCSCC1CCO. The molecule has 2 N–H and O–H groups in total. The number of urea groups is 1. The number of carbonyl (C=O) groups excluding carboxylic acids is 1. The number of benzene rings is 1. The Morgan fingerprint density at radius 3 is 2.72 bits per heavy atom. The molecule has 2 heterocycles. The molecular weight excluding hydrogens is 378 g/mol. The van der Waals surface area contributed by atoms with Gasteiger partial charge in [-0.15, -0.1) is 0 Å². The Balaban J connectivity index is 1.65. The lowest BCUT2D eigenvalue weighted by atomic mass is 10.2. The van der Waals surface area contributed by atoms with Crippen LogP contribution >= 0.6 is 35.1 Å². The lowest BCUT2D eigenvalue weighted by molar-refractivity contribution is 0.177. The largest absolute Gasteiger partial charge is 0.396 e. The van der Waals surface area contributed by atoms with E-state index in [0.717, 1.165) is 41.8 Å². The summed E-state index contributed by atoms with van der Waals surface area (Å²) in [5, 5.41) is 12.8. The molecule has 1 atom stereocenters. The summed E-state index contributed by atoms with van der Waals surface area (Å²) in [4.78, 5) is 16.7. The Morgan fingerprint density at radius 1 is 1.24 bits per heavy atom. The third-order valence-electron chi connectivity index (χ3n) is 4.50. The van der Waals surface area contributed by atoms with E-state index in [4.69, 9.17) is 11.6 Å². The summed E-state index contributed by atoms with van der Waals surface area (Å²) in [7, 11) is 0. The molecule has 1 aromatic carbocycles. The molecule has 0 spiro atoms. The average molecular weight is 402 g/mol. The van der Waals surface area contributed by atoms with Gasteiger partial charge in [-0.2, -0.15) is 23.5 Å². The molecule has 5 nitrogen and oxygen atoms in total. The monoisotopic (exact) mass is 401 g/mol. The molecule has 1 unspecified atom stereocenters. The van der Waals surface area contributed by atoms with E-state index >= 15 is 0 Å². The minimum absolute atomic E-state index is 0.0874. The van der Waals surface area contributed by atoms with E-state index in [2.05, 4.69) is 10.2 Å². The Bertz CT molecular complexity index is 597. The number of halogens is 1. The van der Waals surface area contributed by atoms with E-state index in [9.17, 15) is 9.90 Å². The van der Waals surface area contributed by atoms with Gasteiger partial charge in [-0.1, -0.05) is 11.6 Å². The number of hydrogen-bond acceptors (Lipinski definition) is 5. The highest BCUT2D eigenvalue weighted by molar-refractivity contribution is 7.99. The first kappa shape index (κ1) is 19.0. The third-order valence-corrected chi connectivity index (χ3v) is 6.84. The van der Waals surface area contributed by atoms with Crippen LogP contribution in [0.15, 0.2) is 18.2 Å². The lowest BCUT2D eigenvalue weighted by Gasteiger charge is -2.35. The number of anilines is 2. The van der Waals surface area contributed by atoms with E-state index in [-0.39, 0.29) is 18.7 Å². The molecule has 8 heteroatoms. The number of amides is 2. The van der Waals surface area contributed by atoms with Crippen LogP contribution in [0.5, 0.6) is 0 Å². The lowest BCUT2D eigenvalue weighted by Crippen LogP contribution is -2.48. The van der Waals surface area contributed by atoms with Crippen molar-refractivity contribution >= 4 is 52.5 Å². The summed E-state index contributed by atoms with van der Waals surface area (Å²) < 4.78 is 0. The van der Waals surface area contributed by atoms with Crippen LogP contribution in [0.25, 0.3) is 0 Å². The first-order chi connectivity index (χ1) is 12.2. The smallest absolute Gasteiger partial charge is 0.322 e. The zero-order valence-corrected chi connectivity index (χ0v) is 16.5. The maximum absolute atomic E-state index is 12.6. The fraction of sp³-hybridized carbons (Fsp3) is 0.588. The Labute approximate surface area is 162 Å². The van der Waals surface area contributed by atoms with Gasteiger partial charge in [0.2, 0.25) is 0 Å². The van der Waals surface area contributed by atoms with Crippen LogP contribution in [-0.2, 0) is 0 Å². The van der Waals surface area contributed by atoms with Crippen molar-refractivity contribution in [3.05, 3.63) is 23.2 Å². The van der Waals surface area contributed by atoms with E-state index in [1.54, 1.807) is 0 Å². The average Bonchev–Trinajstić information content (AvgIpc) is 2.63. The number of rotatable bonds is 4. The van der Waals surface area contributed by atoms with Gasteiger partial charge in [-0.05, 0) is 24.6 Å². The maximum Gasteiger partial charge on any atom is 0.322 e. The molecule has 3 rings (SSSR count). The van der Waals surface area contributed by atoms with E-state index in [1.165, 1.54) is 0 Å². The van der Waals surface area contributed by atoms with Gasteiger partial charge in [0.1, 0.15) is 0 Å². The van der Waals surface area contributed by atoms with Crippen LogP contribution in [-0.4, -0.2) is 71.3 Å². The van der Waals surface area contributed by atoms with Crippen molar-refractivity contribution in [1.82, 2.24) is 4.90 Å². The number of nitrogens with zero attached hydrogens (tertiary/aromatic N) is 2. The highest BCUT2D eigenvalue weighted by Crippen LogP contribution is 2.31. The van der Waals surface area contributed by atoms with Crippen LogP contribution in [0.1, 0.15) is 6.42 Å². The van der Waals surface area contributed by atoms with Crippen molar-refractivity contribution in [2.45, 2.75) is 12.5 Å². The standard InChI is InChI=1S/C17H24ClN3O2S2/c18-15-11-13(1-2-16(15)20-4-8-24-9-5-20)19-17(23)21-6-10-25-12-14(21)3-7-22/h1-2,11,14,22H,3-10,12H2,(H,19,23). The van der Waals surface area contributed by atoms with Gasteiger partial charge in [-0.25, -0.2) is 4.79 Å². The molecule has 0 saturated carbocycles. The minimum atomic E-state index is -0.114. The molecule has 0 bridgehead atoms. The number of hydrogen-bond donors (Lipinski definition) is 2. The second-order valence-electron chi connectivity index (χ2n) is 6.13. The Morgan fingerprint density at radius 2 is 2.00 bits per heavy atom. The van der Waals surface area contributed by atoms with Crippen LogP contribution < -0.4 is 10.2 Å². The molecule has 2 fully saturated rings. The number of nitrogens with one attached hydrogen (secondary N) is 1. The first-order valence-corrected chi connectivity index (χ1v) is 11.3. The van der Waals surface area contributed by atoms with Crippen LogP contribution in [0.4, 0.5) is 16.2 Å². The van der Waals surface area contributed by atoms with E-state index in [1.807, 2.05) is 46.6 Å². The summed E-state index contributed by atoms with van der Waals surface area (Å²) in [6.45, 7) is 2.82. The predicted molar refractivity (Wildman–Crippen MR) is 110 cm³/mol. The number of aliphatic hydroxyl groups is 1. The number of aliphatic hydroxyl groups excluding tert-OH is 1.